The van der Waals surface area contributed by atoms with Crippen molar-refractivity contribution in [2.45, 2.75) is 23.8 Å². The predicted octanol–water partition coefficient (Wildman–Crippen LogP) is 3.33. The second-order valence-electron chi connectivity index (χ2n) is 4.92. The number of ether oxygens (including phenoxy) is 1. The Kier molecular flexibility index (Phi) is 5.41. The molecule has 1 fully saturated rings. The van der Waals surface area contributed by atoms with Crippen LogP contribution in [0.3, 0.4) is 0 Å². The molecule has 1 N–H and O–H groups in total. The number of nitrogens with one attached hydrogen (secondary N) is 1. The zero-order chi connectivity index (χ0) is 15.4. The Balaban J connectivity index is 1.98. The molecule has 0 unspecified atom stereocenters. The standard InChI is InChI=1S/C14H18F2N2O2S/c1-18(8-10-4-3-5-20-10)14(19)17-9-6-11(15)13(21-2)12(16)7-9/h6-7,10H,3-5,8H2,1-2H3,(H,17,19)/t10-/m0/s1. The predicted molar refractivity (Wildman–Crippen MR) is 78.8 cm³/mol. The summed E-state index contributed by atoms with van der Waals surface area (Å²) >= 11 is 0.988. The number of urea groups is 1. The Hall–Kier alpha value is -1.34. The molecule has 1 heterocycles. The summed E-state index contributed by atoms with van der Waals surface area (Å²) < 4.78 is 32.7. The van der Waals surface area contributed by atoms with Crippen LogP contribution in [0.4, 0.5) is 19.3 Å². The Bertz CT molecular complexity index is 499. The molecule has 0 bridgehead atoms. The number of anilines is 1. The molecular weight excluding hydrogens is 298 g/mol. The van der Waals surface area contributed by atoms with Crippen molar-refractivity contribution in [2.75, 3.05) is 31.8 Å². The van der Waals surface area contributed by atoms with Gasteiger partial charge >= 0.3 is 6.03 Å². The molecule has 0 aromatic heterocycles. The third-order valence-corrected chi connectivity index (χ3v) is 4.10. The minimum absolute atomic E-state index is 0.0353. The van der Waals surface area contributed by atoms with Gasteiger partial charge in [-0.15, -0.1) is 11.8 Å². The summed E-state index contributed by atoms with van der Waals surface area (Å²) in [6.45, 7) is 1.17. The van der Waals surface area contributed by atoms with Gasteiger partial charge in [0.2, 0.25) is 0 Å². The smallest absolute Gasteiger partial charge is 0.321 e. The van der Waals surface area contributed by atoms with Crippen LogP contribution in [0, 0.1) is 11.6 Å². The fourth-order valence-electron chi connectivity index (χ4n) is 2.22. The van der Waals surface area contributed by atoms with Gasteiger partial charge < -0.3 is 15.0 Å². The lowest BCUT2D eigenvalue weighted by atomic mass is 10.2. The van der Waals surface area contributed by atoms with Crippen molar-refractivity contribution < 1.29 is 18.3 Å². The van der Waals surface area contributed by atoms with Crippen LogP contribution < -0.4 is 5.32 Å². The largest absolute Gasteiger partial charge is 0.376 e. The molecule has 0 radical (unpaired) electrons. The fraction of sp³-hybridized carbons (Fsp3) is 0.500. The fourth-order valence-corrected chi connectivity index (χ4v) is 2.73. The number of nitrogens with zero attached hydrogens (tertiary/aromatic N) is 1. The van der Waals surface area contributed by atoms with E-state index in [0.29, 0.717) is 13.2 Å². The molecule has 1 saturated heterocycles. The van der Waals surface area contributed by atoms with Crippen LogP contribution >= 0.6 is 11.8 Å². The van der Waals surface area contributed by atoms with Gasteiger partial charge in [0, 0.05) is 25.9 Å². The van der Waals surface area contributed by atoms with Gasteiger partial charge in [0.1, 0.15) is 11.6 Å². The maximum Gasteiger partial charge on any atom is 0.321 e. The van der Waals surface area contributed by atoms with E-state index < -0.39 is 17.7 Å². The highest BCUT2D eigenvalue weighted by Crippen LogP contribution is 2.26. The Morgan fingerprint density at radius 3 is 2.67 bits per heavy atom. The zero-order valence-electron chi connectivity index (χ0n) is 12.0. The Morgan fingerprint density at radius 2 is 2.14 bits per heavy atom. The van der Waals surface area contributed by atoms with E-state index in [2.05, 4.69) is 5.32 Å². The van der Waals surface area contributed by atoms with Crippen molar-refractivity contribution in [1.82, 2.24) is 4.90 Å². The third kappa shape index (κ3) is 4.07. The lowest BCUT2D eigenvalue weighted by Crippen LogP contribution is -2.37. The minimum atomic E-state index is -0.681. The molecule has 0 saturated carbocycles. The molecule has 1 atom stereocenters. The molecule has 0 spiro atoms. The second-order valence-corrected chi connectivity index (χ2v) is 5.74. The lowest BCUT2D eigenvalue weighted by molar-refractivity contribution is 0.0894. The maximum atomic E-state index is 13.6. The summed E-state index contributed by atoms with van der Waals surface area (Å²) in [5.74, 6) is -1.36. The van der Waals surface area contributed by atoms with Gasteiger partial charge in [-0.25, -0.2) is 13.6 Å². The first kappa shape index (κ1) is 16.0. The number of benzene rings is 1. The molecule has 2 amide bonds. The molecule has 4 nitrogen and oxygen atoms in total. The summed E-state index contributed by atoms with van der Waals surface area (Å²) in [4.78, 5) is 13.4. The molecule has 21 heavy (non-hydrogen) atoms. The summed E-state index contributed by atoms with van der Waals surface area (Å²) in [7, 11) is 1.62. The molecule has 2 rings (SSSR count). The molecular formula is C14H18F2N2O2S. The Labute approximate surface area is 126 Å². The van der Waals surface area contributed by atoms with Gasteiger partial charge in [0.05, 0.1) is 11.0 Å². The van der Waals surface area contributed by atoms with E-state index >= 15 is 0 Å². The van der Waals surface area contributed by atoms with E-state index in [1.165, 1.54) is 4.90 Å². The van der Waals surface area contributed by atoms with Crippen LogP contribution in [0.15, 0.2) is 17.0 Å². The van der Waals surface area contributed by atoms with Crippen LogP contribution in [0.1, 0.15) is 12.8 Å². The van der Waals surface area contributed by atoms with Crippen molar-refractivity contribution in [1.29, 1.82) is 0 Å². The molecule has 1 aliphatic rings. The number of likely N-dealkylation sites (N-methyl/N-ethyl adjacent to an activating group) is 1. The third-order valence-electron chi connectivity index (χ3n) is 3.30. The lowest BCUT2D eigenvalue weighted by Gasteiger charge is -2.21. The molecule has 1 aromatic carbocycles. The van der Waals surface area contributed by atoms with E-state index in [4.69, 9.17) is 4.74 Å². The van der Waals surface area contributed by atoms with Crippen LogP contribution in [0.5, 0.6) is 0 Å². The van der Waals surface area contributed by atoms with Crippen molar-refractivity contribution in [3.63, 3.8) is 0 Å². The van der Waals surface area contributed by atoms with Crippen LogP contribution in [0.25, 0.3) is 0 Å². The van der Waals surface area contributed by atoms with Gasteiger partial charge in [-0.3, -0.25) is 0 Å². The van der Waals surface area contributed by atoms with E-state index in [1.54, 1.807) is 13.3 Å². The van der Waals surface area contributed by atoms with E-state index in [9.17, 15) is 13.6 Å². The highest BCUT2D eigenvalue weighted by atomic mass is 32.2. The molecule has 0 aliphatic carbocycles. The van der Waals surface area contributed by atoms with Gasteiger partial charge in [0.15, 0.2) is 0 Å². The van der Waals surface area contributed by atoms with Gasteiger partial charge in [-0.2, -0.15) is 0 Å². The van der Waals surface area contributed by atoms with E-state index in [1.807, 2.05) is 0 Å². The first-order valence-corrected chi connectivity index (χ1v) is 7.90. The van der Waals surface area contributed by atoms with Crippen molar-refractivity contribution >= 4 is 23.5 Å². The maximum absolute atomic E-state index is 13.6. The summed E-state index contributed by atoms with van der Waals surface area (Å²) in [6.07, 6.45) is 3.54. The number of carbonyl (C=O) groups is 1. The number of hydrogen-bond donors (Lipinski definition) is 1. The van der Waals surface area contributed by atoms with Gasteiger partial charge in [-0.05, 0) is 31.2 Å². The van der Waals surface area contributed by atoms with Crippen LogP contribution in [-0.2, 0) is 4.74 Å². The summed E-state index contributed by atoms with van der Waals surface area (Å²) in [5.41, 5.74) is 0.104. The molecule has 1 aromatic rings. The topological polar surface area (TPSA) is 41.6 Å². The zero-order valence-corrected chi connectivity index (χ0v) is 12.8. The number of amides is 2. The van der Waals surface area contributed by atoms with Gasteiger partial charge in [-0.1, -0.05) is 0 Å². The number of halogens is 2. The normalized spacial score (nSPS) is 17.8. The van der Waals surface area contributed by atoms with Crippen LogP contribution in [0.2, 0.25) is 0 Å². The Morgan fingerprint density at radius 1 is 1.48 bits per heavy atom. The average molecular weight is 316 g/mol. The second kappa shape index (κ2) is 7.09. The first-order chi connectivity index (χ1) is 10.0. The van der Waals surface area contributed by atoms with E-state index in [0.717, 1.165) is 36.7 Å². The number of carbonyl (C=O) groups excluding carboxylic acids is 1. The first-order valence-electron chi connectivity index (χ1n) is 6.68. The monoisotopic (exact) mass is 316 g/mol. The number of rotatable bonds is 4. The number of hydrogen-bond acceptors (Lipinski definition) is 3. The minimum Gasteiger partial charge on any atom is -0.376 e. The van der Waals surface area contributed by atoms with Crippen molar-refractivity contribution in [3.05, 3.63) is 23.8 Å². The van der Waals surface area contributed by atoms with Crippen molar-refractivity contribution in [2.24, 2.45) is 0 Å². The SMILES string of the molecule is CSc1c(F)cc(NC(=O)N(C)C[C@@H]2CCCO2)cc1F. The molecule has 7 heteroatoms. The number of thioether (sulfide) groups is 1. The quantitative estimate of drug-likeness (QED) is 0.866. The van der Waals surface area contributed by atoms with Crippen LogP contribution in [-0.4, -0.2) is 43.5 Å². The van der Waals surface area contributed by atoms with Gasteiger partial charge in [0.25, 0.3) is 0 Å². The molecule has 116 valence electrons. The van der Waals surface area contributed by atoms with Crippen molar-refractivity contribution in [3.8, 4) is 0 Å². The van der Waals surface area contributed by atoms with E-state index in [-0.39, 0.29) is 16.7 Å². The highest BCUT2D eigenvalue weighted by molar-refractivity contribution is 7.98. The molecule has 1 aliphatic heterocycles. The summed E-state index contributed by atoms with van der Waals surface area (Å²) in [5, 5.41) is 2.49. The summed E-state index contributed by atoms with van der Waals surface area (Å²) in [6, 6.07) is 1.82. The highest BCUT2D eigenvalue weighted by Gasteiger charge is 2.20. The average Bonchev–Trinajstić information content (AvgIpc) is 2.91.